The average Bonchev–Trinajstić information content (AvgIpc) is 2.96. The van der Waals surface area contributed by atoms with E-state index < -0.39 is 0 Å². The maximum absolute atomic E-state index is 5.44. The van der Waals surface area contributed by atoms with Gasteiger partial charge in [-0.25, -0.2) is 0 Å². The topological polar surface area (TPSA) is 28.4 Å². The number of nitrogens with zero attached hydrogens (tertiary/aromatic N) is 1. The molecule has 0 saturated carbocycles. The smallest absolute Gasteiger partial charge is 0.105 e. The van der Waals surface area contributed by atoms with Gasteiger partial charge in [-0.05, 0) is 44.4 Å². The quantitative estimate of drug-likeness (QED) is 0.866. The average molecular weight is 234 g/mol. The highest BCUT2D eigenvalue weighted by molar-refractivity contribution is 5.02. The fourth-order valence-electron chi connectivity index (χ4n) is 3.29. The first-order valence-corrected chi connectivity index (χ1v) is 6.83. The molecule has 0 radical (unpaired) electrons. The summed E-state index contributed by atoms with van der Waals surface area (Å²) in [6, 6.07) is 5.39. The summed E-state index contributed by atoms with van der Waals surface area (Å²) >= 11 is 0. The van der Waals surface area contributed by atoms with Gasteiger partial charge in [0.05, 0.1) is 6.26 Å². The fourth-order valence-corrected chi connectivity index (χ4v) is 3.29. The van der Waals surface area contributed by atoms with Crippen molar-refractivity contribution in [3.05, 3.63) is 24.2 Å². The third-order valence-electron chi connectivity index (χ3n) is 4.33. The molecule has 3 heteroatoms. The van der Waals surface area contributed by atoms with Crippen molar-refractivity contribution in [2.75, 3.05) is 19.6 Å². The third kappa shape index (κ3) is 2.40. The first kappa shape index (κ1) is 11.3. The second-order valence-corrected chi connectivity index (χ2v) is 5.55. The van der Waals surface area contributed by atoms with Crippen molar-refractivity contribution in [1.82, 2.24) is 10.2 Å². The van der Waals surface area contributed by atoms with E-state index in [1.54, 1.807) is 6.26 Å². The lowest BCUT2D eigenvalue weighted by molar-refractivity contribution is 0.237. The van der Waals surface area contributed by atoms with Crippen LogP contribution in [0.15, 0.2) is 22.8 Å². The number of hydrogen-bond acceptors (Lipinski definition) is 3. The van der Waals surface area contributed by atoms with Crippen molar-refractivity contribution < 1.29 is 4.42 Å². The van der Waals surface area contributed by atoms with Gasteiger partial charge in [-0.15, -0.1) is 0 Å². The summed E-state index contributed by atoms with van der Waals surface area (Å²) in [7, 11) is 0. The number of rotatable bonds is 3. The highest BCUT2D eigenvalue weighted by Crippen LogP contribution is 2.27. The van der Waals surface area contributed by atoms with Crippen LogP contribution in [0.4, 0.5) is 0 Å². The Labute approximate surface area is 103 Å². The van der Waals surface area contributed by atoms with Gasteiger partial charge >= 0.3 is 0 Å². The predicted molar refractivity (Wildman–Crippen MR) is 68.0 cm³/mol. The van der Waals surface area contributed by atoms with Crippen LogP contribution in [0.25, 0.3) is 0 Å². The molecular weight excluding hydrogens is 212 g/mol. The molecule has 94 valence electrons. The van der Waals surface area contributed by atoms with Gasteiger partial charge in [0.15, 0.2) is 0 Å². The van der Waals surface area contributed by atoms with Gasteiger partial charge in [0.2, 0.25) is 0 Å². The zero-order valence-corrected chi connectivity index (χ0v) is 10.6. The van der Waals surface area contributed by atoms with Crippen LogP contribution in [0.5, 0.6) is 0 Å². The highest BCUT2D eigenvalue weighted by Gasteiger charge is 2.35. The van der Waals surface area contributed by atoms with Crippen LogP contribution < -0.4 is 5.32 Å². The molecule has 3 atom stereocenters. The first-order valence-electron chi connectivity index (χ1n) is 6.83. The van der Waals surface area contributed by atoms with Crippen LogP contribution in [0.1, 0.15) is 25.5 Å². The number of hydrogen-bond donors (Lipinski definition) is 1. The standard InChI is InChI=1S/C14H22N2O/c1-11(8-13-5-3-7-17-13)16-9-12-4-2-6-15-14(12)10-16/h3,5,7,11-12,14-15H,2,4,6,8-10H2,1H3/t11?,12-,14+/m0/s1. The monoisotopic (exact) mass is 234 g/mol. The van der Waals surface area contributed by atoms with E-state index in [0.717, 1.165) is 24.1 Å². The summed E-state index contributed by atoms with van der Waals surface area (Å²) in [4.78, 5) is 2.62. The van der Waals surface area contributed by atoms with E-state index in [1.165, 1.54) is 32.5 Å². The first-order chi connectivity index (χ1) is 8.33. The molecule has 17 heavy (non-hydrogen) atoms. The lowest BCUT2D eigenvalue weighted by atomic mass is 9.94. The maximum atomic E-state index is 5.44. The molecular formula is C14H22N2O. The lowest BCUT2D eigenvalue weighted by Crippen LogP contribution is -2.41. The van der Waals surface area contributed by atoms with E-state index >= 15 is 0 Å². The molecule has 2 aliphatic rings. The van der Waals surface area contributed by atoms with E-state index in [2.05, 4.69) is 23.2 Å². The minimum Gasteiger partial charge on any atom is -0.469 e. The number of fused-ring (bicyclic) bond motifs is 1. The Morgan fingerprint density at radius 3 is 3.24 bits per heavy atom. The summed E-state index contributed by atoms with van der Waals surface area (Å²) in [5.41, 5.74) is 0. The Morgan fingerprint density at radius 1 is 1.53 bits per heavy atom. The van der Waals surface area contributed by atoms with Crippen molar-refractivity contribution in [3.8, 4) is 0 Å². The Morgan fingerprint density at radius 2 is 2.47 bits per heavy atom. The molecule has 0 bridgehead atoms. The molecule has 1 N–H and O–H groups in total. The van der Waals surface area contributed by atoms with Crippen LogP contribution in [-0.4, -0.2) is 36.6 Å². The molecule has 1 aromatic rings. The number of furan rings is 1. The van der Waals surface area contributed by atoms with Crippen molar-refractivity contribution in [2.45, 2.75) is 38.3 Å². The number of piperidine rings is 1. The molecule has 3 rings (SSSR count). The molecule has 1 aromatic heterocycles. The Kier molecular flexibility index (Phi) is 3.21. The minimum absolute atomic E-state index is 0.591. The van der Waals surface area contributed by atoms with Crippen molar-refractivity contribution in [1.29, 1.82) is 0 Å². The van der Waals surface area contributed by atoms with Crippen LogP contribution in [0, 0.1) is 5.92 Å². The molecule has 2 aliphatic heterocycles. The van der Waals surface area contributed by atoms with Crippen LogP contribution in [0.2, 0.25) is 0 Å². The molecule has 1 unspecified atom stereocenters. The van der Waals surface area contributed by atoms with E-state index in [-0.39, 0.29) is 0 Å². The number of likely N-dealkylation sites (tertiary alicyclic amines) is 1. The van der Waals surface area contributed by atoms with Gasteiger partial charge in [0.1, 0.15) is 5.76 Å². The molecule has 0 aromatic carbocycles. The summed E-state index contributed by atoms with van der Waals surface area (Å²) in [6.45, 7) is 6.01. The molecule has 3 nitrogen and oxygen atoms in total. The summed E-state index contributed by atoms with van der Waals surface area (Å²) in [6.07, 6.45) is 5.56. The van der Waals surface area contributed by atoms with Gasteiger partial charge < -0.3 is 9.73 Å². The minimum atomic E-state index is 0.591. The second-order valence-electron chi connectivity index (χ2n) is 5.55. The van der Waals surface area contributed by atoms with Crippen molar-refractivity contribution in [3.63, 3.8) is 0 Å². The van der Waals surface area contributed by atoms with E-state index in [0.29, 0.717) is 6.04 Å². The zero-order chi connectivity index (χ0) is 11.7. The molecule has 2 saturated heterocycles. The van der Waals surface area contributed by atoms with Crippen molar-refractivity contribution >= 4 is 0 Å². The van der Waals surface area contributed by atoms with Gasteiger partial charge in [-0.1, -0.05) is 0 Å². The summed E-state index contributed by atoms with van der Waals surface area (Å²) < 4.78 is 5.44. The van der Waals surface area contributed by atoms with Crippen molar-refractivity contribution in [2.24, 2.45) is 5.92 Å². The van der Waals surface area contributed by atoms with Crippen LogP contribution >= 0.6 is 0 Å². The maximum Gasteiger partial charge on any atom is 0.105 e. The third-order valence-corrected chi connectivity index (χ3v) is 4.33. The Bertz CT molecular complexity index is 335. The zero-order valence-electron chi connectivity index (χ0n) is 10.6. The normalized spacial score (nSPS) is 31.4. The van der Waals surface area contributed by atoms with E-state index in [1.807, 2.05) is 6.07 Å². The number of nitrogens with one attached hydrogen (secondary N) is 1. The Balaban J connectivity index is 1.58. The molecule has 3 heterocycles. The fraction of sp³-hybridized carbons (Fsp3) is 0.714. The van der Waals surface area contributed by atoms with Gasteiger partial charge in [-0.3, -0.25) is 4.90 Å². The van der Waals surface area contributed by atoms with Crippen LogP contribution in [0.3, 0.4) is 0 Å². The largest absolute Gasteiger partial charge is 0.469 e. The van der Waals surface area contributed by atoms with Gasteiger partial charge in [0, 0.05) is 31.6 Å². The van der Waals surface area contributed by atoms with E-state index in [9.17, 15) is 0 Å². The van der Waals surface area contributed by atoms with Crippen LogP contribution in [-0.2, 0) is 6.42 Å². The highest BCUT2D eigenvalue weighted by atomic mass is 16.3. The Hall–Kier alpha value is -0.800. The van der Waals surface area contributed by atoms with E-state index in [4.69, 9.17) is 4.42 Å². The van der Waals surface area contributed by atoms with Gasteiger partial charge in [-0.2, -0.15) is 0 Å². The summed E-state index contributed by atoms with van der Waals surface area (Å²) in [5, 5.41) is 3.66. The molecule has 0 amide bonds. The SMILES string of the molecule is CC(Cc1ccco1)N1C[C@@H]2CCCN[C@@H]2C1. The van der Waals surface area contributed by atoms with Gasteiger partial charge in [0.25, 0.3) is 0 Å². The molecule has 0 aliphatic carbocycles. The lowest BCUT2D eigenvalue weighted by Gasteiger charge is -2.25. The second kappa shape index (κ2) is 4.83. The molecule has 0 spiro atoms. The molecule has 2 fully saturated rings. The predicted octanol–water partition coefficient (Wildman–Crippen LogP) is 1.89. The summed E-state index contributed by atoms with van der Waals surface area (Å²) in [5.74, 6) is 1.99.